The molecular formula is C27H27N3O4S2. The molecule has 0 spiro atoms. The van der Waals surface area contributed by atoms with Crippen molar-refractivity contribution in [2.45, 2.75) is 31.7 Å². The number of thiazole rings is 1. The Morgan fingerprint density at radius 3 is 2.47 bits per heavy atom. The van der Waals surface area contributed by atoms with Crippen molar-refractivity contribution in [3.63, 3.8) is 0 Å². The number of sulfonamides is 1. The monoisotopic (exact) mass is 521 g/mol. The second kappa shape index (κ2) is 10.0. The second-order valence-corrected chi connectivity index (χ2v) is 11.5. The van der Waals surface area contributed by atoms with Crippen LogP contribution in [0, 0.1) is 0 Å². The summed E-state index contributed by atoms with van der Waals surface area (Å²) in [5, 5.41) is 0.937. The number of hydrogen-bond donors (Lipinski definition) is 0. The summed E-state index contributed by atoms with van der Waals surface area (Å²) < 4.78 is 34.4. The second-order valence-electron chi connectivity index (χ2n) is 8.57. The van der Waals surface area contributed by atoms with Crippen molar-refractivity contribution in [1.82, 2.24) is 9.29 Å². The van der Waals surface area contributed by atoms with Crippen LogP contribution in [0.1, 0.15) is 35.3 Å². The summed E-state index contributed by atoms with van der Waals surface area (Å²) in [5.41, 5.74) is 3.35. The molecule has 0 radical (unpaired) electrons. The first-order valence-electron chi connectivity index (χ1n) is 11.9. The lowest BCUT2D eigenvalue weighted by Crippen LogP contribution is -2.35. The van der Waals surface area contributed by atoms with Crippen LogP contribution in [-0.4, -0.2) is 43.3 Å². The zero-order valence-electron chi connectivity index (χ0n) is 20.2. The first-order chi connectivity index (χ1) is 17.4. The normalized spacial score (nSPS) is 13.9. The Kier molecular flexibility index (Phi) is 6.79. The third-order valence-corrected chi connectivity index (χ3v) is 9.35. The third-order valence-electron chi connectivity index (χ3n) is 6.42. The molecule has 0 fully saturated rings. The van der Waals surface area contributed by atoms with E-state index in [0.717, 1.165) is 34.0 Å². The molecule has 0 saturated carbocycles. The van der Waals surface area contributed by atoms with E-state index in [-0.39, 0.29) is 10.5 Å². The highest BCUT2D eigenvalue weighted by atomic mass is 32.2. The van der Waals surface area contributed by atoms with Gasteiger partial charge in [-0.2, -0.15) is 4.31 Å². The van der Waals surface area contributed by atoms with Gasteiger partial charge in [0.2, 0.25) is 10.0 Å². The lowest BCUT2D eigenvalue weighted by molar-refractivity contribution is 0.0735. The van der Waals surface area contributed by atoms with Gasteiger partial charge in [-0.15, -0.1) is 0 Å². The van der Waals surface area contributed by atoms with Crippen LogP contribution in [0.25, 0.3) is 10.2 Å². The Hall–Kier alpha value is -3.27. The van der Waals surface area contributed by atoms with Crippen LogP contribution >= 0.6 is 11.3 Å². The Morgan fingerprint density at radius 1 is 1.03 bits per heavy atom. The minimum absolute atomic E-state index is 0.161. The molecule has 5 rings (SSSR count). The molecule has 2 heterocycles. The van der Waals surface area contributed by atoms with Crippen molar-refractivity contribution in [2.24, 2.45) is 0 Å². The molecule has 4 aromatic rings. The van der Waals surface area contributed by atoms with Gasteiger partial charge in [0.05, 0.1) is 20.7 Å². The number of hydrogen-bond acceptors (Lipinski definition) is 7. The van der Waals surface area contributed by atoms with Gasteiger partial charge in [-0.05, 0) is 67.8 Å². The molecule has 1 aromatic heterocycles. The summed E-state index contributed by atoms with van der Waals surface area (Å²) >= 11 is 1.56. The molecule has 1 aliphatic rings. The van der Waals surface area contributed by atoms with Gasteiger partial charge in [0.1, 0.15) is 5.75 Å². The van der Waals surface area contributed by atoms with Crippen LogP contribution in [0.15, 0.2) is 71.6 Å². The number of carbonyl (C=O) groups is 1. The predicted octanol–water partition coefficient (Wildman–Crippen LogP) is 5.11. The fourth-order valence-electron chi connectivity index (χ4n) is 4.34. The third kappa shape index (κ3) is 4.74. The number of rotatable bonds is 7. The van der Waals surface area contributed by atoms with Gasteiger partial charge in [-0.25, -0.2) is 18.2 Å². The van der Waals surface area contributed by atoms with E-state index in [0.29, 0.717) is 25.3 Å². The number of fused-ring (bicyclic) bond motifs is 2. The molecule has 36 heavy (non-hydrogen) atoms. The maximum atomic E-state index is 13.2. The van der Waals surface area contributed by atoms with Crippen LogP contribution in [-0.2, 0) is 23.0 Å². The van der Waals surface area contributed by atoms with E-state index in [1.807, 2.05) is 36.4 Å². The number of esters is 1. The number of anilines is 1. The van der Waals surface area contributed by atoms with Crippen LogP contribution in [0.2, 0.25) is 0 Å². The number of carbonyl (C=O) groups excluding carboxylic acids is 1. The van der Waals surface area contributed by atoms with Gasteiger partial charge in [-0.3, -0.25) is 0 Å². The van der Waals surface area contributed by atoms with Gasteiger partial charge in [0.15, 0.2) is 5.13 Å². The first-order valence-corrected chi connectivity index (χ1v) is 14.2. The van der Waals surface area contributed by atoms with Gasteiger partial charge in [-0.1, -0.05) is 35.6 Å². The molecule has 0 atom stereocenters. The first kappa shape index (κ1) is 24.4. The minimum atomic E-state index is -3.67. The van der Waals surface area contributed by atoms with Gasteiger partial charge < -0.3 is 9.64 Å². The van der Waals surface area contributed by atoms with Crippen molar-refractivity contribution in [1.29, 1.82) is 0 Å². The lowest BCUT2D eigenvalue weighted by atomic mass is 10.0. The Bertz CT molecular complexity index is 1510. The van der Waals surface area contributed by atoms with Crippen LogP contribution < -0.4 is 9.64 Å². The molecule has 0 aliphatic carbocycles. The average molecular weight is 522 g/mol. The molecule has 0 saturated heterocycles. The van der Waals surface area contributed by atoms with Gasteiger partial charge >= 0.3 is 5.97 Å². The Balaban J connectivity index is 1.29. The zero-order valence-corrected chi connectivity index (χ0v) is 21.8. The molecule has 1 aliphatic heterocycles. The van der Waals surface area contributed by atoms with Crippen molar-refractivity contribution in [3.8, 4) is 5.75 Å². The fourth-order valence-corrected chi connectivity index (χ4v) is 6.88. The number of benzene rings is 3. The summed E-state index contributed by atoms with van der Waals surface area (Å²) in [7, 11) is -3.67. The van der Waals surface area contributed by atoms with Crippen molar-refractivity contribution in [3.05, 3.63) is 83.4 Å². The predicted molar refractivity (Wildman–Crippen MR) is 142 cm³/mol. The maximum absolute atomic E-state index is 13.2. The maximum Gasteiger partial charge on any atom is 0.343 e. The highest BCUT2D eigenvalue weighted by molar-refractivity contribution is 7.89. The summed E-state index contributed by atoms with van der Waals surface area (Å²) in [6.07, 6.45) is 0.681. The smallest absolute Gasteiger partial charge is 0.343 e. The van der Waals surface area contributed by atoms with Crippen molar-refractivity contribution >= 4 is 42.7 Å². The minimum Gasteiger partial charge on any atom is -0.423 e. The largest absolute Gasteiger partial charge is 0.423 e. The molecule has 0 bridgehead atoms. The van der Waals surface area contributed by atoms with E-state index >= 15 is 0 Å². The quantitative estimate of drug-likeness (QED) is 0.248. The average Bonchev–Trinajstić information content (AvgIpc) is 3.32. The summed E-state index contributed by atoms with van der Waals surface area (Å²) in [4.78, 5) is 19.7. The summed E-state index contributed by atoms with van der Waals surface area (Å²) in [5.74, 6) is -0.121. The fraction of sp³-hybridized carbons (Fsp3) is 0.259. The molecular weight excluding hydrogens is 494 g/mol. The number of nitrogens with zero attached hydrogens (tertiary/aromatic N) is 3. The van der Waals surface area contributed by atoms with E-state index in [9.17, 15) is 13.2 Å². The molecule has 9 heteroatoms. The van der Waals surface area contributed by atoms with Crippen molar-refractivity contribution < 1.29 is 17.9 Å². The van der Waals surface area contributed by atoms with Crippen LogP contribution in [0.3, 0.4) is 0 Å². The SMILES string of the molecule is CCN(CC)c1nc2ccc(OC(=O)c3ccc(S(=O)(=O)N4CCc5ccccc5C4)cc3)cc2s1. The number of aromatic nitrogens is 1. The Morgan fingerprint density at radius 2 is 1.75 bits per heavy atom. The standard InChI is InChI=1S/C27H27N3O4S2/c1-3-29(4-2)27-28-24-14-11-22(17-25(24)35-27)34-26(31)20-9-12-23(13-10-20)36(32,33)30-16-15-19-7-5-6-8-21(19)18-30/h5-14,17H,3-4,15-16,18H2,1-2H3. The van der Waals surface area contributed by atoms with Crippen LogP contribution in [0.4, 0.5) is 5.13 Å². The van der Waals surface area contributed by atoms with E-state index < -0.39 is 16.0 Å². The van der Waals surface area contributed by atoms with Crippen molar-refractivity contribution in [2.75, 3.05) is 24.5 Å². The van der Waals surface area contributed by atoms with Gasteiger partial charge in [0.25, 0.3) is 0 Å². The molecule has 0 N–H and O–H groups in total. The molecule has 3 aromatic carbocycles. The molecule has 0 amide bonds. The highest BCUT2D eigenvalue weighted by Gasteiger charge is 2.28. The van der Waals surface area contributed by atoms with Gasteiger partial charge in [0, 0.05) is 32.2 Å². The lowest BCUT2D eigenvalue weighted by Gasteiger charge is -2.28. The Labute approximate surface area is 215 Å². The highest BCUT2D eigenvalue weighted by Crippen LogP contribution is 2.32. The molecule has 7 nitrogen and oxygen atoms in total. The summed E-state index contributed by atoms with van der Waals surface area (Å²) in [6.45, 7) is 6.69. The van der Waals surface area contributed by atoms with E-state index in [1.54, 1.807) is 17.4 Å². The molecule has 186 valence electrons. The van der Waals surface area contributed by atoms with E-state index in [4.69, 9.17) is 4.74 Å². The van der Waals surface area contributed by atoms with E-state index in [2.05, 4.69) is 23.7 Å². The number of ether oxygens (including phenoxy) is 1. The summed E-state index contributed by atoms with van der Waals surface area (Å²) in [6, 6.07) is 19.2. The molecule has 0 unspecified atom stereocenters. The van der Waals surface area contributed by atoms with E-state index in [1.165, 1.54) is 34.1 Å². The zero-order chi connectivity index (χ0) is 25.3. The van der Waals surface area contributed by atoms with Crippen LogP contribution in [0.5, 0.6) is 5.75 Å². The topological polar surface area (TPSA) is 79.8 Å².